The lowest BCUT2D eigenvalue weighted by molar-refractivity contribution is 0.0945. The van der Waals surface area contributed by atoms with Crippen molar-refractivity contribution in [2.45, 2.75) is 39.2 Å². The molecular weight excluding hydrogens is 428 g/mol. The molecule has 2 aliphatic rings. The first-order valence-electron chi connectivity index (χ1n) is 11.1. The maximum absolute atomic E-state index is 13.4. The van der Waals surface area contributed by atoms with Gasteiger partial charge in [0.25, 0.3) is 5.91 Å². The highest BCUT2D eigenvalue weighted by Gasteiger charge is 2.40. The lowest BCUT2D eigenvalue weighted by atomic mass is 9.99. The Kier molecular flexibility index (Phi) is 6.82. The number of anilines is 3. The Morgan fingerprint density at radius 2 is 2.12 bits per heavy atom. The van der Waals surface area contributed by atoms with Gasteiger partial charge >= 0.3 is 6.03 Å². The third-order valence-electron chi connectivity index (χ3n) is 5.53. The summed E-state index contributed by atoms with van der Waals surface area (Å²) < 4.78 is 5.37. The van der Waals surface area contributed by atoms with Crippen LogP contribution in [0.1, 0.15) is 42.5 Å². The van der Waals surface area contributed by atoms with E-state index in [0.29, 0.717) is 43.5 Å². The number of piperidine rings is 1. The average Bonchev–Trinajstić information content (AvgIpc) is 2.80. The van der Waals surface area contributed by atoms with Crippen molar-refractivity contribution in [2.24, 2.45) is 0 Å². The summed E-state index contributed by atoms with van der Waals surface area (Å²) in [6, 6.07) is 2.72. The van der Waals surface area contributed by atoms with Crippen molar-refractivity contribution in [3.05, 3.63) is 23.7 Å². The molecule has 2 aliphatic heterocycles. The maximum atomic E-state index is 13.4. The molecule has 1 saturated heterocycles. The Bertz CT molecular complexity index is 1020. The molecule has 0 aromatic carbocycles. The summed E-state index contributed by atoms with van der Waals surface area (Å²) in [5.41, 5.74) is 1.43. The van der Waals surface area contributed by atoms with Crippen LogP contribution < -0.4 is 25.2 Å². The molecule has 12 nitrogen and oxygen atoms in total. The minimum atomic E-state index is -0.397. The average molecular weight is 457 g/mol. The third kappa shape index (κ3) is 4.80. The summed E-state index contributed by atoms with van der Waals surface area (Å²) in [7, 11) is 0. The number of carbonyl (C=O) groups is 2. The Hall–Kier alpha value is -3.54. The predicted octanol–water partition coefficient (Wildman–Crippen LogP) is 1.11. The van der Waals surface area contributed by atoms with Crippen molar-refractivity contribution < 1.29 is 19.4 Å². The lowest BCUT2D eigenvalue weighted by Crippen LogP contribution is -2.56. The molecule has 33 heavy (non-hydrogen) atoms. The van der Waals surface area contributed by atoms with E-state index in [-0.39, 0.29) is 30.2 Å². The number of aliphatic hydroxyl groups is 1. The molecule has 0 aliphatic carbocycles. The zero-order valence-electron chi connectivity index (χ0n) is 18.7. The number of fused-ring (bicyclic) bond motifs is 4. The molecule has 2 bridgehead atoms. The zero-order valence-corrected chi connectivity index (χ0v) is 18.7. The van der Waals surface area contributed by atoms with Gasteiger partial charge in [-0.2, -0.15) is 0 Å². The van der Waals surface area contributed by atoms with E-state index in [4.69, 9.17) is 9.84 Å². The Morgan fingerprint density at radius 1 is 1.27 bits per heavy atom. The number of carbonyl (C=O) groups excluding carboxylic acids is 2. The molecule has 3 amide bonds. The molecule has 4 rings (SSSR count). The van der Waals surface area contributed by atoms with Gasteiger partial charge in [-0.05, 0) is 32.8 Å². The van der Waals surface area contributed by atoms with Crippen molar-refractivity contribution in [1.29, 1.82) is 0 Å². The third-order valence-corrected chi connectivity index (χ3v) is 5.53. The second-order valence-electron chi connectivity index (χ2n) is 7.89. The number of ether oxygens (including phenoxy) is 1. The van der Waals surface area contributed by atoms with Crippen molar-refractivity contribution in [3.63, 3.8) is 0 Å². The van der Waals surface area contributed by atoms with Crippen LogP contribution in [0.5, 0.6) is 5.88 Å². The lowest BCUT2D eigenvalue weighted by Gasteiger charge is -2.46. The second kappa shape index (κ2) is 9.94. The summed E-state index contributed by atoms with van der Waals surface area (Å²) in [5, 5.41) is 22.3. The summed E-state index contributed by atoms with van der Waals surface area (Å²) in [6.07, 6.45) is 2.25. The van der Waals surface area contributed by atoms with E-state index in [9.17, 15) is 9.59 Å². The summed E-state index contributed by atoms with van der Waals surface area (Å²) in [4.78, 5) is 38.4. The van der Waals surface area contributed by atoms with Crippen LogP contribution in [0.3, 0.4) is 0 Å². The number of nitrogens with zero attached hydrogens (tertiary/aromatic N) is 6. The molecule has 1 atom stereocenters. The molecule has 3 N–H and O–H groups in total. The number of amides is 3. The highest BCUT2D eigenvalue weighted by atomic mass is 16.5. The Balaban J connectivity index is 1.60. The molecule has 1 unspecified atom stereocenters. The van der Waals surface area contributed by atoms with Gasteiger partial charge in [-0.3, -0.25) is 15.0 Å². The van der Waals surface area contributed by atoms with Gasteiger partial charge < -0.3 is 20.1 Å². The number of aryl methyl sites for hydroxylation is 1. The summed E-state index contributed by atoms with van der Waals surface area (Å²) in [6.45, 7) is 5.99. The first-order valence-corrected chi connectivity index (χ1v) is 11.1. The highest BCUT2D eigenvalue weighted by Crippen LogP contribution is 2.39. The van der Waals surface area contributed by atoms with Gasteiger partial charge in [0.1, 0.15) is 5.69 Å². The fraction of sp³-hybridized carbons (Fsp3) is 0.524. The van der Waals surface area contributed by atoms with Crippen LogP contribution in [0.2, 0.25) is 0 Å². The molecule has 2 aromatic rings. The quantitative estimate of drug-likeness (QED) is 0.521. The maximum Gasteiger partial charge on any atom is 0.329 e. The SMILES string of the molecule is CCNC(=O)c1nc(C)c2c(n1)N(C(=O)Nc1ccc(OCCCO)nn1)C1CCCN2C1. The normalized spacial score (nSPS) is 16.8. The van der Waals surface area contributed by atoms with Crippen LogP contribution in [0.25, 0.3) is 0 Å². The molecule has 4 heterocycles. The fourth-order valence-electron chi connectivity index (χ4n) is 4.11. The van der Waals surface area contributed by atoms with Crippen molar-refractivity contribution >= 4 is 29.3 Å². The number of hydrogen-bond donors (Lipinski definition) is 3. The van der Waals surface area contributed by atoms with E-state index >= 15 is 0 Å². The van der Waals surface area contributed by atoms with Gasteiger partial charge in [0.05, 0.1) is 18.3 Å². The molecule has 176 valence electrons. The van der Waals surface area contributed by atoms with Gasteiger partial charge in [-0.15, -0.1) is 10.2 Å². The van der Waals surface area contributed by atoms with Crippen LogP contribution in [-0.4, -0.2) is 76.1 Å². The van der Waals surface area contributed by atoms with Gasteiger partial charge in [-0.1, -0.05) is 0 Å². The molecule has 0 spiro atoms. The van der Waals surface area contributed by atoms with Crippen LogP contribution in [0.4, 0.5) is 22.1 Å². The predicted molar refractivity (Wildman–Crippen MR) is 121 cm³/mol. The number of aromatic nitrogens is 4. The van der Waals surface area contributed by atoms with E-state index in [1.54, 1.807) is 17.0 Å². The van der Waals surface area contributed by atoms with Crippen LogP contribution in [0.15, 0.2) is 12.1 Å². The van der Waals surface area contributed by atoms with Crippen molar-refractivity contribution in [3.8, 4) is 5.88 Å². The van der Waals surface area contributed by atoms with Crippen molar-refractivity contribution in [1.82, 2.24) is 25.5 Å². The number of nitrogens with one attached hydrogen (secondary N) is 2. The van der Waals surface area contributed by atoms with E-state index in [1.807, 2.05) is 13.8 Å². The Morgan fingerprint density at radius 3 is 2.85 bits per heavy atom. The topological polar surface area (TPSA) is 146 Å². The van der Waals surface area contributed by atoms with E-state index in [0.717, 1.165) is 25.1 Å². The van der Waals surface area contributed by atoms with Crippen molar-refractivity contribution in [2.75, 3.05) is 48.0 Å². The van der Waals surface area contributed by atoms with Gasteiger partial charge in [0.2, 0.25) is 11.7 Å². The Labute approximate surface area is 191 Å². The van der Waals surface area contributed by atoms with Crippen LogP contribution >= 0.6 is 0 Å². The second-order valence-corrected chi connectivity index (χ2v) is 7.89. The zero-order chi connectivity index (χ0) is 23.4. The molecular formula is C21H28N8O4. The molecule has 0 saturated carbocycles. The van der Waals surface area contributed by atoms with Gasteiger partial charge in [0.15, 0.2) is 11.6 Å². The smallest absolute Gasteiger partial charge is 0.329 e. The number of hydrogen-bond acceptors (Lipinski definition) is 9. The van der Waals surface area contributed by atoms with Gasteiger partial charge in [0, 0.05) is 38.7 Å². The minimum absolute atomic E-state index is 0.0301. The minimum Gasteiger partial charge on any atom is -0.477 e. The fourth-order valence-corrected chi connectivity index (χ4v) is 4.11. The number of urea groups is 1. The van der Waals surface area contributed by atoms with Crippen LogP contribution in [0, 0.1) is 6.92 Å². The first kappa shape index (κ1) is 22.6. The van der Waals surface area contributed by atoms with E-state index in [2.05, 4.69) is 35.7 Å². The monoisotopic (exact) mass is 456 g/mol. The molecule has 2 aromatic heterocycles. The first-order chi connectivity index (χ1) is 16.0. The largest absolute Gasteiger partial charge is 0.477 e. The van der Waals surface area contributed by atoms with Crippen LogP contribution in [-0.2, 0) is 0 Å². The van der Waals surface area contributed by atoms with E-state index < -0.39 is 6.03 Å². The standard InChI is InChI=1S/C21H28N8O4/c1-3-22-20(31)18-23-13(2)17-19(25-18)29(14-6-4-9-28(17)12-14)21(32)24-15-7-8-16(27-26-15)33-11-5-10-30/h7-8,14,30H,3-6,9-12H2,1-2H3,(H,22,31)(H,24,26,32). The molecule has 1 fully saturated rings. The number of aliphatic hydroxyl groups excluding tert-OH is 1. The summed E-state index contributed by atoms with van der Waals surface area (Å²) in [5.74, 6) is 0.661. The summed E-state index contributed by atoms with van der Waals surface area (Å²) >= 11 is 0. The van der Waals surface area contributed by atoms with Gasteiger partial charge in [-0.25, -0.2) is 14.8 Å². The van der Waals surface area contributed by atoms with E-state index in [1.165, 1.54) is 0 Å². The number of rotatable bonds is 7. The highest BCUT2D eigenvalue weighted by molar-refractivity contribution is 6.04. The molecule has 0 radical (unpaired) electrons. The molecule has 12 heteroatoms.